The van der Waals surface area contributed by atoms with E-state index in [0.717, 1.165) is 38.5 Å². The van der Waals surface area contributed by atoms with Crippen LogP contribution in [0.1, 0.15) is 122 Å². The largest absolute Gasteiger partial charge is 0.496 e. The zero-order valence-electron chi connectivity index (χ0n) is 36.7. The van der Waals surface area contributed by atoms with Gasteiger partial charge in [0.15, 0.2) is 5.69 Å². The van der Waals surface area contributed by atoms with Gasteiger partial charge in [-0.3, -0.25) is 20.3 Å². The van der Waals surface area contributed by atoms with E-state index in [9.17, 15) is 28.8 Å². The van der Waals surface area contributed by atoms with Crippen molar-refractivity contribution in [3.8, 4) is 16.9 Å². The summed E-state index contributed by atoms with van der Waals surface area (Å²) in [6.07, 6.45) is 4.47. The standard InChI is InChI=1S/C46H58N6O11/c1-8-12-13-14-23-61-45(57)52-40(47)31-17-19-32(20-18-31)49-41(53)35-24-30(10-3)37(59-7)25-34(35)33-21-22-36(42(54)48-26-29-15-16-29)50-39(33)44(56)62-28(6)63-46(58)51-38(27(5)9-2)43(55)60-11-4/h10,17-22,24-25,27-29,38H,3,8-9,11-16,23,26H2,1-2,4-7H3,(H,48,54)(H,49,53)(H,51,58)(H2,47,52,57). The van der Waals surface area contributed by atoms with Crippen molar-refractivity contribution in [2.45, 2.75) is 91.9 Å². The Labute approximate surface area is 367 Å². The van der Waals surface area contributed by atoms with Gasteiger partial charge in [0.2, 0.25) is 6.29 Å². The number of benzene rings is 2. The molecule has 0 radical (unpaired) electrons. The maximum absolute atomic E-state index is 14.2. The number of ether oxygens (including phenoxy) is 5. The van der Waals surface area contributed by atoms with Gasteiger partial charge < -0.3 is 39.6 Å². The highest BCUT2D eigenvalue weighted by atomic mass is 16.7. The molecule has 338 valence electrons. The van der Waals surface area contributed by atoms with E-state index in [1.807, 2.05) is 6.92 Å². The third-order valence-corrected chi connectivity index (χ3v) is 10.2. The summed E-state index contributed by atoms with van der Waals surface area (Å²) in [7, 11) is 1.42. The van der Waals surface area contributed by atoms with Gasteiger partial charge in [-0.2, -0.15) is 0 Å². The number of hydrogen-bond donors (Lipinski definition) is 5. The van der Waals surface area contributed by atoms with Gasteiger partial charge in [0.1, 0.15) is 23.3 Å². The SMILES string of the molecule is C=Cc1cc(C(=O)Nc2ccc(C(=N)NC(=O)OCCCCCC)cc2)c(-c2ccc(C(=O)NCC3CC3)nc2C(=O)OC(C)OC(=O)NC(C(=O)OCC)C(C)CC)cc1OC. The molecule has 4 rings (SSSR count). The molecule has 2 aromatic carbocycles. The molecule has 1 aliphatic rings. The lowest BCUT2D eigenvalue weighted by Gasteiger charge is -2.23. The van der Waals surface area contributed by atoms with Crippen molar-refractivity contribution in [3.63, 3.8) is 0 Å². The lowest BCUT2D eigenvalue weighted by atomic mass is 9.94. The minimum absolute atomic E-state index is 0.0476. The lowest BCUT2D eigenvalue weighted by Crippen LogP contribution is -2.47. The fraction of sp³-hybridized carbons (Fsp3) is 0.435. The topological polar surface area (TPSA) is 233 Å². The van der Waals surface area contributed by atoms with Gasteiger partial charge in [-0.25, -0.2) is 24.2 Å². The number of aromatic nitrogens is 1. The number of amides is 4. The van der Waals surface area contributed by atoms with Crippen molar-refractivity contribution >= 4 is 53.5 Å². The van der Waals surface area contributed by atoms with E-state index in [-0.39, 0.29) is 53.0 Å². The molecular weight excluding hydrogens is 813 g/mol. The molecule has 5 N–H and O–H groups in total. The van der Waals surface area contributed by atoms with Crippen LogP contribution in [0.4, 0.5) is 15.3 Å². The van der Waals surface area contributed by atoms with E-state index < -0.39 is 48.3 Å². The number of hydrogen-bond acceptors (Lipinski definition) is 13. The fourth-order valence-electron chi connectivity index (χ4n) is 6.22. The average molecular weight is 871 g/mol. The van der Waals surface area contributed by atoms with Gasteiger partial charge in [-0.15, -0.1) is 0 Å². The highest BCUT2D eigenvalue weighted by Gasteiger charge is 2.31. The summed E-state index contributed by atoms with van der Waals surface area (Å²) in [5.74, 6) is -2.75. The van der Waals surface area contributed by atoms with Gasteiger partial charge in [0.05, 0.1) is 20.3 Å². The monoisotopic (exact) mass is 870 g/mol. The maximum atomic E-state index is 14.2. The second kappa shape index (κ2) is 24.0. The molecule has 0 spiro atoms. The summed E-state index contributed by atoms with van der Waals surface area (Å²) in [6, 6.07) is 11.0. The smallest absolute Gasteiger partial charge is 0.412 e. The van der Waals surface area contributed by atoms with Crippen molar-refractivity contribution in [1.82, 2.24) is 20.9 Å². The van der Waals surface area contributed by atoms with Crippen molar-refractivity contribution in [2.75, 3.05) is 32.2 Å². The molecular formula is C46H58N6O11. The van der Waals surface area contributed by atoms with E-state index in [1.165, 1.54) is 44.4 Å². The fourth-order valence-corrected chi connectivity index (χ4v) is 6.22. The second-order valence-electron chi connectivity index (χ2n) is 15.0. The zero-order chi connectivity index (χ0) is 46.1. The molecule has 0 bridgehead atoms. The summed E-state index contributed by atoms with van der Waals surface area (Å²) in [4.78, 5) is 83.6. The Morgan fingerprint density at radius 2 is 1.62 bits per heavy atom. The van der Waals surface area contributed by atoms with Crippen molar-refractivity contribution in [3.05, 3.63) is 83.2 Å². The number of esters is 2. The highest BCUT2D eigenvalue weighted by Crippen LogP contribution is 2.35. The Morgan fingerprint density at radius 1 is 0.889 bits per heavy atom. The van der Waals surface area contributed by atoms with Crippen LogP contribution in [-0.2, 0) is 23.7 Å². The number of nitrogens with zero attached hydrogens (tertiary/aromatic N) is 1. The number of nitrogens with one attached hydrogen (secondary N) is 5. The summed E-state index contributed by atoms with van der Waals surface area (Å²) in [6.45, 7) is 13.2. The molecule has 3 atom stereocenters. The summed E-state index contributed by atoms with van der Waals surface area (Å²) in [5, 5.41) is 18.9. The number of amidine groups is 1. The zero-order valence-corrected chi connectivity index (χ0v) is 36.7. The minimum Gasteiger partial charge on any atom is -0.496 e. The van der Waals surface area contributed by atoms with Crippen LogP contribution >= 0.6 is 0 Å². The first kappa shape index (κ1) is 48.9. The Morgan fingerprint density at radius 3 is 2.25 bits per heavy atom. The first-order chi connectivity index (χ1) is 30.2. The number of anilines is 1. The number of carbonyl (C=O) groups is 6. The highest BCUT2D eigenvalue weighted by molar-refractivity contribution is 6.11. The Balaban J connectivity index is 1.63. The molecule has 0 saturated heterocycles. The van der Waals surface area contributed by atoms with E-state index in [2.05, 4.69) is 39.8 Å². The molecule has 1 aliphatic carbocycles. The van der Waals surface area contributed by atoms with Gasteiger partial charge >= 0.3 is 24.1 Å². The predicted molar refractivity (Wildman–Crippen MR) is 236 cm³/mol. The molecule has 17 nitrogen and oxygen atoms in total. The number of rotatable bonds is 22. The van der Waals surface area contributed by atoms with Crippen molar-refractivity contribution < 1.29 is 52.5 Å². The van der Waals surface area contributed by atoms with Crippen molar-refractivity contribution in [1.29, 1.82) is 5.41 Å². The number of methoxy groups -OCH3 is 1. The molecule has 1 heterocycles. The average Bonchev–Trinajstić information content (AvgIpc) is 4.11. The normalized spacial score (nSPS) is 13.2. The second-order valence-corrected chi connectivity index (χ2v) is 15.0. The van der Waals surface area contributed by atoms with Crippen LogP contribution in [0.15, 0.2) is 55.1 Å². The summed E-state index contributed by atoms with van der Waals surface area (Å²) < 4.78 is 26.7. The van der Waals surface area contributed by atoms with Gasteiger partial charge in [0.25, 0.3) is 11.8 Å². The molecule has 1 aromatic heterocycles. The molecule has 4 amide bonds. The molecule has 3 unspecified atom stereocenters. The maximum Gasteiger partial charge on any atom is 0.412 e. The van der Waals surface area contributed by atoms with Crippen LogP contribution in [0.25, 0.3) is 17.2 Å². The van der Waals surface area contributed by atoms with Gasteiger partial charge in [0, 0.05) is 47.0 Å². The lowest BCUT2D eigenvalue weighted by molar-refractivity contribution is -0.147. The van der Waals surface area contributed by atoms with Crippen LogP contribution in [0, 0.1) is 17.2 Å². The van der Waals surface area contributed by atoms with Crippen LogP contribution < -0.4 is 26.0 Å². The molecule has 1 fully saturated rings. The predicted octanol–water partition coefficient (Wildman–Crippen LogP) is 7.63. The first-order valence-electron chi connectivity index (χ1n) is 21.2. The molecule has 3 aromatic rings. The molecule has 17 heteroatoms. The summed E-state index contributed by atoms with van der Waals surface area (Å²) in [5.41, 5.74) is 0.920. The summed E-state index contributed by atoms with van der Waals surface area (Å²) >= 11 is 0. The quantitative estimate of drug-likeness (QED) is 0.0164. The molecule has 63 heavy (non-hydrogen) atoms. The van der Waals surface area contributed by atoms with Crippen LogP contribution in [0.5, 0.6) is 5.75 Å². The van der Waals surface area contributed by atoms with E-state index in [0.29, 0.717) is 41.4 Å². The number of pyridine rings is 1. The first-order valence-corrected chi connectivity index (χ1v) is 21.2. The number of carbonyl (C=O) groups excluding carboxylic acids is 6. The Bertz CT molecular complexity index is 2140. The molecule has 0 aliphatic heterocycles. The van der Waals surface area contributed by atoms with E-state index in [4.69, 9.17) is 29.1 Å². The van der Waals surface area contributed by atoms with Crippen LogP contribution in [0.3, 0.4) is 0 Å². The molecule has 1 saturated carbocycles. The van der Waals surface area contributed by atoms with E-state index in [1.54, 1.807) is 38.1 Å². The minimum atomic E-state index is -1.51. The van der Waals surface area contributed by atoms with Crippen LogP contribution in [-0.4, -0.2) is 86.0 Å². The van der Waals surface area contributed by atoms with Gasteiger partial charge in [-0.1, -0.05) is 59.1 Å². The number of unbranched alkanes of at least 4 members (excludes halogenated alkanes) is 3. The third-order valence-electron chi connectivity index (χ3n) is 10.2. The van der Waals surface area contributed by atoms with Gasteiger partial charge in [-0.05, 0) is 86.6 Å². The Kier molecular flexibility index (Phi) is 18.6. The van der Waals surface area contributed by atoms with Crippen LogP contribution in [0.2, 0.25) is 0 Å². The Hall–Kier alpha value is -6.78. The number of alkyl carbamates (subject to hydrolysis) is 2. The van der Waals surface area contributed by atoms with E-state index >= 15 is 0 Å². The van der Waals surface area contributed by atoms with Crippen molar-refractivity contribution in [2.24, 2.45) is 11.8 Å². The third kappa shape index (κ3) is 14.4.